The summed E-state index contributed by atoms with van der Waals surface area (Å²) in [6, 6.07) is 20.4. The third kappa shape index (κ3) is 7.92. The Morgan fingerprint density at radius 3 is 2.64 bits per heavy atom. The van der Waals surface area contributed by atoms with E-state index in [0.717, 1.165) is 54.4 Å². The van der Waals surface area contributed by atoms with Gasteiger partial charge in [-0.2, -0.15) is 0 Å². The number of fused-ring (bicyclic) bond motifs is 1. The molecule has 226 valence electrons. The van der Waals surface area contributed by atoms with Crippen molar-refractivity contribution < 1.29 is 33.2 Å². The number of hydrogen-bond acceptors (Lipinski definition) is 8. The first-order chi connectivity index (χ1) is 20.6. The van der Waals surface area contributed by atoms with Gasteiger partial charge in [-0.1, -0.05) is 30.3 Å². The highest BCUT2D eigenvalue weighted by molar-refractivity contribution is 5.61. The fraction of sp³-hybridized carbons (Fsp3) is 0.455. The maximum absolute atomic E-state index is 13.7. The number of halogens is 1. The van der Waals surface area contributed by atoms with Crippen LogP contribution in [0.25, 0.3) is 0 Å². The maximum Gasteiger partial charge on any atom is 0.165 e. The molecule has 2 aliphatic heterocycles. The highest BCUT2D eigenvalue weighted by Gasteiger charge is 2.34. The Morgan fingerprint density at radius 1 is 0.976 bits per heavy atom. The number of piperidine rings is 1. The van der Waals surface area contributed by atoms with Crippen LogP contribution < -0.4 is 24.4 Å². The molecule has 2 aliphatic rings. The zero-order valence-corrected chi connectivity index (χ0v) is 24.2. The number of β-amino-alcohol motifs (C(OH)–C–C–N with tert-alkyl or cyclic N) is 1. The number of aliphatic hydroxyl groups excluding tert-OH is 1. The SMILES string of the molecule is COCCCN1CCOc2ccc(CO[C@H]3CNC[C@@H](O)[C@@H]3c3ccc(OCCCOc4ccccc4F)cc3)cc21. The Morgan fingerprint density at radius 2 is 1.81 bits per heavy atom. The molecule has 0 aromatic heterocycles. The molecule has 3 atom stereocenters. The summed E-state index contributed by atoms with van der Waals surface area (Å²) in [6.45, 7) is 5.58. The number of benzene rings is 3. The van der Waals surface area contributed by atoms with Gasteiger partial charge in [0.15, 0.2) is 11.6 Å². The number of hydrogen-bond donors (Lipinski definition) is 2. The van der Waals surface area contributed by atoms with Crippen LogP contribution in [0.3, 0.4) is 0 Å². The van der Waals surface area contributed by atoms with Crippen LogP contribution in [0.4, 0.5) is 10.1 Å². The summed E-state index contributed by atoms with van der Waals surface area (Å²) >= 11 is 0. The number of aliphatic hydroxyl groups is 1. The van der Waals surface area contributed by atoms with Crippen LogP contribution in [0.1, 0.15) is 29.9 Å². The summed E-state index contributed by atoms with van der Waals surface area (Å²) in [5.74, 6) is 1.35. The number of nitrogens with one attached hydrogen (secondary N) is 1. The third-order valence-electron chi connectivity index (χ3n) is 7.65. The monoisotopic (exact) mass is 580 g/mol. The Bertz CT molecular complexity index is 1260. The highest BCUT2D eigenvalue weighted by atomic mass is 19.1. The first-order valence-electron chi connectivity index (χ1n) is 14.7. The van der Waals surface area contributed by atoms with E-state index in [1.54, 1.807) is 25.3 Å². The third-order valence-corrected chi connectivity index (χ3v) is 7.65. The van der Waals surface area contributed by atoms with E-state index in [1.807, 2.05) is 36.4 Å². The molecule has 0 aliphatic carbocycles. The van der Waals surface area contributed by atoms with Gasteiger partial charge >= 0.3 is 0 Å². The van der Waals surface area contributed by atoms with Gasteiger partial charge in [-0.25, -0.2) is 4.39 Å². The van der Waals surface area contributed by atoms with Crippen LogP contribution >= 0.6 is 0 Å². The minimum atomic E-state index is -0.570. The van der Waals surface area contributed by atoms with Crippen LogP contribution in [0.5, 0.6) is 17.2 Å². The molecule has 3 aromatic rings. The number of methoxy groups -OCH3 is 1. The van der Waals surface area contributed by atoms with Crippen molar-refractivity contribution in [2.24, 2.45) is 0 Å². The van der Waals surface area contributed by atoms with Crippen molar-refractivity contribution >= 4 is 5.69 Å². The van der Waals surface area contributed by atoms with E-state index >= 15 is 0 Å². The molecule has 0 amide bonds. The number of nitrogens with zero attached hydrogens (tertiary/aromatic N) is 1. The zero-order chi connectivity index (χ0) is 29.1. The normalized spacial score (nSPS) is 20.1. The first kappa shape index (κ1) is 30.1. The van der Waals surface area contributed by atoms with Gasteiger partial charge in [-0.3, -0.25) is 0 Å². The van der Waals surface area contributed by atoms with E-state index in [4.69, 9.17) is 23.7 Å². The average molecular weight is 581 g/mol. The van der Waals surface area contributed by atoms with Crippen molar-refractivity contribution in [2.75, 3.05) is 64.6 Å². The van der Waals surface area contributed by atoms with Crippen molar-refractivity contribution in [3.8, 4) is 17.2 Å². The lowest BCUT2D eigenvalue weighted by molar-refractivity contribution is -0.0328. The van der Waals surface area contributed by atoms with Crippen LogP contribution in [-0.2, 0) is 16.1 Å². The van der Waals surface area contributed by atoms with E-state index in [2.05, 4.69) is 16.3 Å². The van der Waals surface area contributed by atoms with E-state index < -0.39 is 6.10 Å². The van der Waals surface area contributed by atoms with Gasteiger partial charge in [0.05, 0.1) is 44.3 Å². The van der Waals surface area contributed by atoms with E-state index in [0.29, 0.717) is 45.9 Å². The Labute approximate surface area is 247 Å². The van der Waals surface area contributed by atoms with Gasteiger partial charge in [-0.15, -0.1) is 0 Å². The lowest BCUT2D eigenvalue weighted by atomic mass is 9.85. The molecule has 1 fully saturated rings. The molecule has 5 rings (SSSR count). The molecule has 0 radical (unpaired) electrons. The van der Waals surface area contributed by atoms with E-state index in [1.165, 1.54) is 6.07 Å². The Kier molecular flexibility index (Phi) is 10.9. The fourth-order valence-corrected chi connectivity index (χ4v) is 5.50. The molecule has 9 heteroatoms. The summed E-state index contributed by atoms with van der Waals surface area (Å²) in [7, 11) is 1.73. The summed E-state index contributed by atoms with van der Waals surface area (Å²) in [6.07, 6.45) is 0.816. The van der Waals surface area contributed by atoms with E-state index in [9.17, 15) is 9.50 Å². The highest BCUT2D eigenvalue weighted by Crippen LogP contribution is 2.34. The molecule has 2 N–H and O–H groups in total. The quantitative estimate of drug-likeness (QED) is 0.269. The lowest BCUT2D eigenvalue weighted by Gasteiger charge is -2.36. The molecule has 3 aromatic carbocycles. The molecule has 0 unspecified atom stereocenters. The minimum Gasteiger partial charge on any atom is -0.493 e. The van der Waals surface area contributed by atoms with Gasteiger partial charge in [0, 0.05) is 45.7 Å². The summed E-state index contributed by atoms with van der Waals surface area (Å²) in [5, 5.41) is 14.2. The number of rotatable bonds is 14. The van der Waals surface area contributed by atoms with Gasteiger partial charge in [0.2, 0.25) is 0 Å². The molecule has 2 heterocycles. The van der Waals surface area contributed by atoms with Gasteiger partial charge in [0.1, 0.15) is 18.1 Å². The smallest absolute Gasteiger partial charge is 0.165 e. The number of ether oxygens (including phenoxy) is 5. The van der Waals surface area contributed by atoms with Crippen molar-refractivity contribution in [1.82, 2.24) is 5.32 Å². The average Bonchev–Trinajstić information content (AvgIpc) is 3.01. The molecule has 0 saturated carbocycles. The summed E-state index contributed by atoms with van der Waals surface area (Å²) < 4.78 is 42.6. The van der Waals surface area contributed by atoms with E-state index in [-0.39, 0.29) is 23.6 Å². The fourth-order valence-electron chi connectivity index (χ4n) is 5.50. The first-order valence-corrected chi connectivity index (χ1v) is 14.7. The predicted molar refractivity (Wildman–Crippen MR) is 159 cm³/mol. The van der Waals surface area contributed by atoms with Crippen LogP contribution in [0, 0.1) is 5.82 Å². The van der Waals surface area contributed by atoms with Crippen LogP contribution in [-0.4, -0.2) is 77.0 Å². The van der Waals surface area contributed by atoms with Gasteiger partial charge < -0.3 is 39.0 Å². The second-order valence-corrected chi connectivity index (χ2v) is 10.6. The Balaban J connectivity index is 1.14. The second-order valence-electron chi connectivity index (χ2n) is 10.6. The van der Waals surface area contributed by atoms with Crippen molar-refractivity contribution in [2.45, 2.75) is 37.6 Å². The Hall–Kier alpha value is -3.37. The van der Waals surface area contributed by atoms with Crippen molar-refractivity contribution in [1.29, 1.82) is 0 Å². The number of anilines is 1. The molecule has 8 nitrogen and oxygen atoms in total. The molecule has 0 spiro atoms. The predicted octanol–water partition coefficient (Wildman–Crippen LogP) is 4.54. The minimum absolute atomic E-state index is 0.166. The van der Waals surface area contributed by atoms with Crippen LogP contribution in [0.15, 0.2) is 66.7 Å². The summed E-state index contributed by atoms with van der Waals surface area (Å²) in [4.78, 5) is 2.34. The van der Waals surface area contributed by atoms with Gasteiger partial charge in [-0.05, 0) is 53.9 Å². The molecule has 1 saturated heterocycles. The van der Waals surface area contributed by atoms with Crippen LogP contribution in [0.2, 0.25) is 0 Å². The maximum atomic E-state index is 13.7. The van der Waals surface area contributed by atoms with Crippen molar-refractivity contribution in [3.63, 3.8) is 0 Å². The number of para-hydroxylation sites is 1. The second kappa shape index (κ2) is 15.2. The zero-order valence-electron chi connectivity index (χ0n) is 24.2. The molecule has 42 heavy (non-hydrogen) atoms. The molecular formula is C33H41FN2O6. The van der Waals surface area contributed by atoms with Gasteiger partial charge in [0.25, 0.3) is 0 Å². The summed E-state index contributed by atoms with van der Waals surface area (Å²) in [5.41, 5.74) is 3.16. The largest absolute Gasteiger partial charge is 0.493 e. The van der Waals surface area contributed by atoms with Crippen molar-refractivity contribution in [3.05, 3.63) is 83.7 Å². The lowest BCUT2D eigenvalue weighted by Crippen LogP contribution is -2.49. The molecular weight excluding hydrogens is 539 g/mol. The molecule has 0 bridgehead atoms. The standard InChI is InChI=1S/C33H41FN2O6/c1-38-16-4-14-36-15-19-41-31-13-8-24(20-28(31)36)23-42-32-22-35-21-29(37)33(32)25-9-11-26(12-10-25)39-17-5-18-40-30-7-3-2-6-27(30)34/h2-3,6-13,20,29,32-33,35,37H,4-5,14-19,21-23H2,1H3/t29-,32+,33+/m1/s1. The topological polar surface area (TPSA) is 81.7 Å².